The predicted molar refractivity (Wildman–Crippen MR) is 82.4 cm³/mol. The van der Waals surface area contributed by atoms with E-state index >= 15 is 0 Å². The third-order valence-electron chi connectivity index (χ3n) is 3.87. The van der Waals surface area contributed by atoms with Gasteiger partial charge in [0.2, 0.25) is 0 Å². The van der Waals surface area contributed by atoms with E-state index in [0.717, 1.165) is 12.8 Å². The van der Waals surface area contributed by atoms with Crippen LogP contribution in [0.2, 0.25) is 0 Å². The first-order valence-corrected chi connectivity index (χ1v) is 7.35. The predicted octanol–water partition coefficient (Wildman–Crippen LogP) is 3.54. The molecule has 0 unspecified atom stereocenters. The summed E-state index contributed by atoms with van der Waals surface area (Å²) in [5.74, 6) is -0.569. The molecule has 1 amide bonds. The number of carbonyl (C=O) groups excluding carboxylic acids is 1. The third-order valence-corrected chi connectivity index (χ3v) is 3.87. The maximum atomic E-state index is 13.8. The zero-order chi connectivity index (χ0) is 16.4. The lowest BCUT2D eigenvalue weighted by atomic mass is 10.1. The number of nitro groups is 1. The summed E-state index contributed by atoms with van der Waals surface area (Å²) in [5, 5.41) is 10.7. The highest BCUT2D eigenvalue weighted by molar-refractivity contribution is 5.94. The van der Waals surface area contributed by atoms with Crippen LogP contribution < -0.4 is 0 Å². The highest BCUT2D eigenvalue weighted by Crippen LogP contribution is 2.30. The van der Waals surface area contributed by atoms with E-state index in [9.17, 15) is 19.3 Å². The van der Waals surface area contributed by atoms with E-state index in [1.165, 1.54) is 30.3 Å². The summed E-state index contributed by atoms with van der Waals surface area (Å²) in [4.78, 5) is 24.5. The van der Waals surface area contributed by atoms with Gasteiger partial charge in [0.25, 0.3) is 11.6 Å². The Morgan fingerprint density at radius 1 is 1.17 bits per heavy atom. The van der Waals surface area contributed by atoms with Crippen LogP contribution in [0, 0.1) is 15.9 Å². The van der Waals surface area contributed by atoms with Crippen LogP contribution in [-0.4, -0.2) is 21.8 Å². The average molecular weight is 314 g/mol. The molecule has 6 heteroatoms. The van der Waals surface area contributed by atoms with Crippen molar-refractivity contribution >= 4 is 11.6 Å². The van der Waals surface area contributed by atoms with E-state index < -0.39 is 4.92 Å². The number of carbonyl (C=O) groups is 1. The van der Waals surface area contributed by atoms with Crippen LogP contribution in [-0.2, 0) is 6.54 Å². The molecule has 0 aliphatic heterocycles. The van der Waals surface area contributed by atoms with Crippen LogP contribution in [0.5, 0.6) is 0 Å². The van der Waals surface area contributed by atoms with Gasteiger partial charge in [-0.2, -0.15) is 0 Å². The van der Waals surface area contributed by atoms with Crippen molar-refractivity contribution in [3.8, 4) is 0 Å². The van der Waals surface area contributed by atoms with Gasteiger partial charge in [-0.05, 0) is 31.0 Å². The molecule has 2 aromatic carbocycles. The number of nitro benzene ring substituents is 1. The first kappa shape index (κ1) is 15.1. The van der Waals surface area contributed by atoms with Crippen molar-refractivity contribution < 1.29 is 14.1 Å². The molecule has 23 heavy (non-hydrogen) atoms. The molecule has 0 bridgehead atoms. The van der Waals surface area contributed by atoms with Crippen LogP contribution in [0.25, 0.3) is 0 Å². The quantitative estimate of drug-likeness (QED) is 0.626. The minimum atomic E-state index is -0.508. The Morgan fingerprint density at radius 3 is 2.39 bits per heavy atom. The summed E-state index contributed by atoms with van der Waals surface area (Å²) in [6, 6.07) is 12.0. The number of amides is 1. The second-order valence-corrected chi connectivity index (χ2v) is 5.56. The van der Waals surface area contributed by atoms with E-state index in [1.54, 1.807) is 23.1 Å². The monoisotopic (exact) mass is 314 g/mol. The fraction of sp³-hybridized carbons (Fsp3) is 0.235. The van der Waals surface area contributed by atoms with Gasteiger partial charge in [-0.3, -0.25) is 14.9 Å². The molecule has 1 saturated carbocycles. The summed E-state index contributed by atoms with van der Waals surface area (Å²) in [5.41, 5.74) is 0.780. The molecule has 0 spiro atoms. The van der Waals surface area contributed by atoms with Crippen LogP contribution in [0.1, 0.15) is 28.8 Å². The number of nitrogens with zero attached hydrogens (tertiary/aromatic N) is 2. The lowest BCUT2D eigenvalue weighted by Gasteiger charge is -2.23. The number of halogens is 1. The molecule has 1 aliphatic rings. The van der Waals surface area contributed by atoms with E-state index in [0.29, 0.717) is 11.1 Å². The second kappa shape index (κ2) is 6.16. The van der Waals surface area contributed by atoms with Crippen molar-refractivity contribution in [2.24, 2.45) is 0 Å². The topological polar surface area (TPSA) is 63.4 Å². The van der Waals surface area contributed by atoms with Crippen LogP contribution in [0.3, 0.4) is 0 Å². The maximum absolute atomic E-state index is 13.8. The summed E-state index contributed by atoms with van der Waals surface area (Å²) in [6.45, 7) is 0.202. The summed E-state index contributed by atoms with van der Waals surface area (Å²) in [7, 11) is 0. The van der Waals surface area contributed by atoms with Crippen molar-refractivity contribution in [2.75, 3.05) is 0 Å². The number of benzene rings is 2. The summed E-state index contributed by atoms with van der Waals surface area (Å²) >= 11 is 0. The Kier molecular flexibility index (Phi) is 4.06. The molecular formula is C17H15FN2O3. The van der Waals surface area contributed by atoms with Crippen molar-refractivity contribution in [1.82, 2.24) is 4.90 Å². The molecule has 0 aromatic heterocycles. The first-order chi connectivity index (χ1) is 11.1. The van der Waals surface area contributed by atoms with Gasteiger partial charge in [0.05, 0.1) is 4.92 Å². The molecular weight excluding hydrogens is 299 g/mol. The average Bonchev–Trinajstić information content (AvgIpc) is 3.38. The molecule has 3 rings (SSSR count). The summed E-state index contributed by atoms with van der Waals surface area (Å²) < 4.78 is 13.8. The van der Waals surface area contributed by atoms with E-state index in [2.05, 4.69) is 0 Å². The van der Waals surface area contributed by atoms with Gasteiger partial charge in [0, 0.05) is 35.8 Å². The van der Waals surface area contributed by atoms with Gasteiger partial charge in [0.1, 0.15) is 5.82 Å². The van der Waals surface area contributed by atoms with Crippen LogP contribution >= 0.6 is 0 Å². The molecule has 0 atom stereocenters. The molecule has 1 fully saturated rings. The Labute approximate surface area is 132 Å². The highest BCUT2D eigenvalue weighted by atomic mass is 19.1. The molecule has 0 N–H and O–H groups in total. The van der Waals surface area contributed by atoms with Gasteiger partial charge >= 0.3 is 0 Å². The lowest BCUT2D eigenvalue weighted by molar-refractivity contribution is -0.384. The van der Waals surface area contributed by atoms with E-state index in [4.69, 9.17) is 0 Å². The standard InChI is InChI=1S/C17H15FN2O3/c18-16-4-2-1-3-13(16)11-19(14-9-10-14)17(21)12-5-7-15(8-6-12)20(22)23/h1-8,14H,9-11H2. The highest BCUT2D eigenvalue weighted by Gasteiger charge is 2.33. The Balaban J connectivity index is 1.82. The largest absolute Gasteiger partial charge is 0.331 e. The Hall–Kier alpha value is -2.76. The molecule has 0 heterocycles. The Bertz CT molecular complexity index is 742. The molecule has 2 aromatic rings. The first-order valence-electron chi connectivity index (χ1n) is 7.35. The number of non-ortho nitro benzene ring substituents is 1. The van der Waals surface area contributed by atoms with E-state index in [-0.39, 0.29) is 30.0 Å². The normalized spacial score (nSPS) is 13.6. The van der Waals surface area contributed by atoms with Crippen LogP contribution in [0.4, 0.5) is 10.1 Å². The second-order valence-electron chi connectivity index (χ2n) is 5.56. The molecule has 118 valence electrons. The SMILES string of the molecule is O=C(c1ccc([N+](=O)[O-])cc1)N(Cc1ccccc1F)C1CC1. The van der Waals surface area contributed by atoms with Gasteiger partial charge < -0.3 is 4.90 Å². The molecule has 0 radical (unpaired) electrons. The smallest absolute Gasteiger partial charge is 0.269 e. The zero-order valence-corrected chi connectivity index (χ0v) is 12.3. The fourth-order valence-corrected chi connectivity index (χ4v) is 2.45. The van der Waals surface area contributed by atoms with Crippen molar-refractivity contribution in [2.45, 2.75) is 25.4 Å². The van der Waals surface area contributed by atoms with Gasteiger partial charge in [0.15, 0.2) is 0 Å². The minimum Gasteiger partial charge on any atom is -0.331 e. The van der Waals surface area contributed by atoms with E-state index in [1.807, 2.05) is 0 Å². The summed E-state index contributed by atoms with van der Waals surface area (Å²) in [6.07, 6.45) is 1.79. The molecule has 5 nitrogen and oxygen atoms in total. The van der Waals surface area contributed by atoms with Crippen molar-refractivity contribution in [1.29, 1.82) is 0 Å². The third kappa shape index (κ3) is 3.36. The zero-order valence-electron chi connectivity index (χ0n) is 12.3. The molecule has 1 aliphatic carbocycles. The molecule has 0 saturated heterocycles. The van der Waals surface area contributed by atoms with Crippen LogP contribution in [0.15, 0.2) is 48.5 Å². The number of hydrogen-bond donors (Lipinski definition) is 0. The lowest BCUT2D eigenvalue weighted by Crippen LogP contribution is -2.32. The van der Waals surface area contributed by atoms with Crippen molar-refractivity contribution in [3.05, 3.63) is 75.6 Å². The maximum Gasteiger partial charge on any atom is 0.269 e. The fourth-order valence-electron chi connectivity index (χ4n) is 2.45. The number of rotatable bonds is 5. The van der Waals surface area contributed by atoms with Gasteiger partial charge in [-0.15, -0.1) is 0 Å². The minimum absolute atomic E-state index is 0.0615. The van der Waals surface area contributed by atoms with Gasteiger partial charge in [-0.1, -0.05) is 18.2 Å². The Morgan fingerprint density at radius 2 is 1.83 bits per heavy atom. The van der Waals surface area contributed by atoms with Crippen molar-refractivity contribution in [3.63, 3.8) is 0 Å². The van der Waals surface area contributed by atoms with Gasteiger partial charge in [-0.25, -0.2) is 4.39 Å². The number of hydrogen-bond acceptors (Lipinski definition) is 3.